The monoisotopic (exact) mass is 419 g/mol. The van der Waals surface area contributed by atoms with Crippen LogP contribution in [0.15, 0.2) is 59.5 Å². The molecule has 0 saturated carbocycles. The van der Waals surface area contributed by atoms with Gasteiger partial charge >= 0.3 is 0 Å². The summed E-state index contributed by atoms with van der Waals surface area (Å²) in [4.78, 5) is 10.4. The minimum Gasteiger partial charge on any atom is -0.313 e. The fourth-order valence-corrected chi connectivity index (χ4v) is 4.76. The standard InChI is InChI=1S/C21H29N3O4S/c1-4-23(29(27,28)20-12-8-11-19(15-20)24(25)26)17-21(2,3)13-14-22-16-18-9-6-5-7-10-18/h5-12,15,22H,4,13-14,16-17H2,1-3H3. The zero-order valence-corrected chi connectivity index (χ0v) is 18.0. The number of non-ortho nitro benzene ring substituents is 1. The zero-order chi connectivity index (χ0) is 21.5. The van der Waals surface area contributed by atoms with Crippen molar-refractivity contribution in [1.29, 1.82) is 0 Å². The molecule has 29 heavy (non-hydrogen) atoms. The van der Waals surface area contributed by atoms with E-state index < -0.39 is 14.9 Å². The molecule has 0 aliphatic heterocycles. The predicted octanol–water partition coefficient (Wildman–Crippen LogP) is 3.81. The van der Waals surface area contributed by atoms with Gasteiger partial charge in [-0.05, 0) is 30.0 Å². The molecule has 0 radical (unpaired) electrons. The van der Waals surface area contributed by atoms with Crippen LogP contribution < -0.4 is 5.32 Å². The quantitative estimate of drug-likeness (QED) is 0.340. The zero-order valence-electron chi connectivity index (χ0n) is 17.2. The summed E-state index contributed by atoms with van der Waals surface area (Å²) in [5.41, 5.74) is 0.716. The van der Waals surface area contributed by atoms with E-state index in [0.717, 1.165) is 25.6 Å². The normalized spacial score (nSPS) is 12.3. The number of nitro benzene ring substituents is 1. The van der Waals surface area contributed by atoms with Crippen LogP contribution in [0.2, 0.25) is 0 Å². The predicted molar refractivity (Wildman–Crippen MR) is 114 cm³/mol. The van der Waals surface area contributed by atoms with Crippen molar-refractivity contribution in [3.8, 4) is 0 Å². The van der Waals surface area contributed by atoms with E-state index in [4.69, 9.17) is 0 Å². The Bertz CT molecular complexity index is 915. The molecule has 0 aliphatic rings. The minimum atomic E-state index is -3.81. The molecule has 2 rings (SSSR count). The molecule has 1 N–H and O–H groups in total. The lowest BCUT2D eigenvalue weighted by Crippen LogP contribution is -2.39. The molecule has 0 heterocycles. The number of hydrogen-bond acceptors (Lipinski definition) is 5. The van der Waals surface area contributed by atoms with E-state index in [0.29, 0.717) is 13.1 Å². The third-order valence-corrected chi connectivity index (χ3v) is 6.69. The van der Waals surface area contributed by atoms with Crippen molar-refractivity contribution in [3.05, 3.63) is 70.3 Å². The van der Waals surface area contributed by atoms with Crippen LogP contribution in [-0.4, -0.2) is 37.3 Å². The van der Waals surface area contributed by atoms with Gasteiger partial charge in [-0.3, -0.25) is 10.1 Å². The van der Waals surface area contributed by atoms with Gasteiger partial charge in [0, 0.05) is 31.8 Å². The lowest BCUT2D eigenvalue weighted by molar-refractivity contribution is -0.385. The molecular formula is C21H29N3O4S. The third-order valence-electron chi connectivity index (χ3n) is 4.77. The van der Waals surface area contributed by atoms with E-state index in [1.807, 2.05) is 32.0 Å². The lowest BCUT2D eigenvalue weighted by Gasteiger charge is -2.31. The summed E-state index contributed by atoms with van der Waals surface area (Å²) in [5.74, 6) is 0. The Hall–Kier alpha value is -2.29. The Balaban J connectivity index is 2.00. The number of nitrogens with one attached hydrogen (secondary N) is 1. The summed E-state index contributed by atoms with van der Waals surface area (Å²) >= 11 is 0. The number of sulfonamides is 1. The smallest absolute Gasteiger partial charge is 0.270 e. The number of benzene rings is 2. The van der Waals surface area contributed by atoms with Crippen molar-refractivity contribution >= 4 is 15.7 Å². The van der Waals surface area contributed by atoms with Crippen LogP contribution in [0.3, 0.4) is 0 Å². The molecule has 7 nitrogen and oxygen atoms in total. The SMILES string of the molecule is CCN(CC(C)(C)CCNCc1ccccc1)S(=O)(=O)c1cccc([N+](=O)[O-])c1. The van der Waals surface area contributed by atoms with E-state index >= 15 is 0 Å². The first kappa shape index (κ1) is 23.0. The first-order chi connectivity index (χ1) is 13.7. The first-order valence-corrected chi connectivity index (χ1v) is 11.1. The highest BCUT2D eigenvalue weighted by molar-refractivity contribution is 7.89. The minimum absolute atomic E-state index is 0.0495. The van der Waals surface area contributed by atoms with Crippen molar-refractivity contribution in [1.82, 2.24) is 9.62 Å². The summed E-state index contributed by atoms with van der Waals surface area (Å²) in [6.45, 7) is 7.99. The van der Waals surface area contributed by atoms with Crippen molar-refractivity contribution in [2.75, 3.05) is 19.6 Å². The van der Waals surface area contributed by atoms with Crippen LogP contribution in [0, 0.1) is 15.5 Å². The van der Waals surface area contributed by atoms with Crippen LogP contribution in [0.25, 0.3) is 0 Å². The number of nitrogens with zero attached hydrogens (tertiary/aromatic N) is 2. The van der Waals surface area contributed by atoms with E-state index in [2.05, 4.69) is 17.4 Å². The van der Waals surface area contributed by atoms with E-state index in [1.54, 1.807) is 6.92 Å². The Morgan fingerprint density at radius 2 is 1.79 bits per heavy atom. The number of hydrogen-bond donors (Lipinski definition) is 1. The molecule has 0 fully saturated rings. The van der Waals surface area contributed by atoms with E-state index in [1.165, 1.54) is 28.1 Å². The highest BCUT2D eigenvalue weighted by atomic mass is 32.2. The molecule has 8 heteroatoms. The van der Waals surface area contributed by atoms with Crippen molar-refractivity contribution < 1.29 is 13.3 Å². The van der Waals surface area contributed by atoms with Gasteiger partial charge in [-0.25, -0.2) is 8.42 Å². The van der Waals surface area contributed by atoms with Gasteiger partial charge in [0.25, 0.3) is 5.69 Å². The molecule has 2 aromatic rings. The molecule has 0 aliphatic carbocycles. The van der Waals surface area contributed by atoms with Gasteiger partial charge in [-0.2, -0.15) is 4.31 Å². The molecule has 2 aromatic carbocycles. The second-order valence-electron chi connectivity index (χ2n) is 7.76. The topological polar surface area (TPSA) is 92.6 Å². The number of nitro groups is 1. The summed E-state index contributed by atoms with van der Waals surface area (Å²) in [5, 5.41) is 14.4. The fraction of sp³-hybridized carbons (Fsp3) is 0.429. The average molecular weight is 420 g/mol. The first-order valence-electron chi connectivity index (χ1n) is 9.65. The van der Waals surface area contributed by atoms with Gasteiger partial charge in [-0.15, -0.1) is 0 Å². The second-order valence-corrected chi connectivity index (χ2v) is 9.70. The summed E-state index contributed by atoms with van der Waals surface area (Å²) in [7, 11) is -3.81. The van der Waals surface area contributed by atoms with Crippen LogP contribution in [0.1, 0.15) is 32.8 Å². The molecule has 0 aromatic heterocycles. The van der Waals surface area contributed by atoms with Crippen molar-refractivity contribution in [3.63, 3.8) is 0 Å². The van der Waals surface area contributed by atoms with Crippen LogP contribution in [0.4, 0.5) is 5.69 Å². The largest absolute Gasteiger partial charge is 0.313 e. The molecule has 158 valence electrons. The van der Waals surface area contributed by atoms with Crippen LogP contribution >= 0.6 is 0 Å². The summed E-state index contributed by atoms with van der Waals surface area (Å²) < 4.78 is 27.4. The molecule has 0 unspecified atom stereocenters. The highest BCUT2D eigenvalue weighted by Crippen LogP contribution is 2.27. The molecule has 0 bridgehead atoms. The van der Waals surface area contributed by atoms with Gasteiger partial charge in [0.2, 0.25) is 10.0 Å². The number of rotatable bonds is 11. The molecule has 0 saturated heterocycles. The van der Waals surface area contributed by atoms with Gasteiger partial charge in [-0.1, -0.05) is 57.2 Å². The van der Waals surface area contributed by atoms with Gasteiger partial charge in [0.05, 0.1) is 9.82 Å². The van der Waals surface area contributed by atoms with Crippen LogP contribution in [-0.2, 0) is 16.6 Å². The lowest BCUT2D eigenvalue weighted by atomic mass is 9.89. The third kappa shape index (κ3) is 6.62. The Morgan fingerprint density at radius 1 is 1.10 bits per heavy atom. The van der Waals surface area contributed by atoms with Gasteiger partial charge < -0.3 is 5.32 Å². The van der Waals surface area contributed by atoms with E-state index in [9.17, 15) is 18.5 Å². The summed E-state index contributed by atoms with van der Waals surface area (Å²) in [6.07, 6.45) is 0.792. The van der Waals surface area contributed by atoms with Crippen molar-refractivity contribution in [2.45, 2.75) is 38.6 Å². The molecule has 0 spiro atoms. The summed E-state index contributed by atoms with van der Waals surface area (Å²) in [6, 6.07) is 15.3. The average Bonchev–Trinajstić information content (AvgIpc) is 2.70. The maximum Gasteiger partial charge on any atom is 0.270 e. The van der Waals surface area contributed by atoms with Crippen molar-refractivity contribution in [2.24, 2.45) is 5.41 Å². The second kappa shape index (κ2) is 9.96. The Kier molecular flexibility index (Phi) is 7.89. The highest BCUT2D eigenvalue weighted by Gasteiger charge is 2.30. The molecule has 0 atom stereocenters. The maximum absolute atomic E-state index is 13.0. The fourth-order valence-electron chi connectivity index (χ4n) is 3.09. The van der Waals surface area contributed by atoms with Gasteiger partial charge in [0.15, 0.2) is 0 Å². The van der Waals surface area contributed by atoms with Crippen LogP contribution in [0.5, 0.6) is 0 Å². The maximum atomic E-state index is 13.0. The Morgan fingerprint density at radius 3 is 2.41 bits per heavy atom. The molecule has 0 amide bonds. The Labute approximate surface area is 172 Å². The molecular weight excluding hydrogens is 390 g/mol. The van der Waals surface area contributed by atoms with E-state index in [-0.39, 0.29) is 16.0 Å². The van der Waals surface area contributed by atoms with Gasteiger partial charge in [0.1, 0.15) is 0 Å².